The van der Waals surface area contributed by atoms with E-state index >= 15 is 0 Å². The summed E-state index contributed by atoms with van der Waals surface area (Å²) in [6.07, 6.45) is 0. The van der Waals surface area contributed by atoms with Gasteiger partial charge in [0, 0.05) is 29.1 Å². The number of rotatable bonds is 2. The monoisotopic (exact) mass is 417 g/mol. The minimum atomic E-state index is -1.35. The number of carbonyl (C=O) groups excluding carboxylic acids is 2. The molecule has 0 saturated carbocycles. The fourth-order valence-electron chi connectivity index (χ4n) is 4.01. The molecule has 0 radical (unpaired) electrons. The lowest BCUT2D eigenvalue weighted by atomic mass is 10.0. The van der Waals surface area contributed by atoms with Crippen LogP contribution in [0.15, 0.2) is 42.5 Å². The molecule has 0 aromatic heterocycles. The summed E-state index contributed by atoms with van der Waals surface area (Å²) in [6, 6.07) is 9.17. The summed E-state index contributed by atoms with van der Waals surface area (Å²) < 4.78 is 26.9. The molecule has 2 aliphatic rings. The highest BCUT2D eigenvalue weighted by Gasteiger charge is 2.63. The predicted molar refractivity (Wildman–Crippen MR) is 110 cm³/mol. The SMILES string of the molecule is CCN1C(=O)[C@@]2(SC(C)(C)CN2C(=O)Nc2ccc(F)cc2)c2cc(F)ccc21. The van der Waals surface area contributed by atoms with Crippen molar-refractivity contribution in [3.63, 3.8) is 0 Å². The first-order valence-electron chi connectivity index (χ1n) is 9.34. The van der Waals surface area contributed by atoms with Gasteiger partial charge in [0.15, 0.2) is 4.87 Å². The van der Waals surface area contributed by atoms with Crippen LogP contribution in [0.4, 0.5) is 25.0 Å². The second kappa shape index (κ2) is 6.73. The number of thioether (sulfide) groups is 1. The molecule has 29 heavy (non-hydrogen) atoms. The van der Waals surface area contributed by atoms with Crippen LogP contribution in [0.3, 0.4) is 0 Å². The predicted octanol–water partition coefficient (Wildman–Crippen LogP) is 4.54. The number of amides is 3. The second-order valence-electron chi connectivity index (χ2n) is 7.74. The molecule has 5 nitrogen and oxygen atoms in total. The normalized spacial score (nSPS) is 22.3. The maximum absolute atomic E-state index is 14.2. The van der Waals surface area contributed by atoms with Gasteiger partial charge in [-0.1, -0.05) is 0 Å². The average molecular weight is 417 g/mol. The van der Waals surface area contributed by atoms with Gasteiger partial charge >= 0.3 is 6.03 Å². The lowest BCUT2D eigenvalue weighted by Gasteiger charge is -2.33. The number of anilines is 2. The van der Waals surface area contributed by atoms with Gasteiger partial charge in [0.2, 0.25) is 0 Å². The zero-order valence-electron chi connectivity index (χ0n) is 16.3. The summed E-state index contributed by atoms with van der Waals surface area (Å²) in [6.45, 7) is 6.45. The number of hydrogen-bond acceptors (Lipinski definition) is 3. The summed E-state index contributed by atoms with van der Waals surface area (Å²) in [5, 5.41) is 2.74. The number of hydrogen-bond donors (Lipinski definition) is 1. The highest BCUT2D eigenvalue weighted by molar-refractivity contribution is 8.02. The van der Waals surface area contributed by atoms with Crippen LogP contribution in [0.5, 0.6) is 0 Å². The smallest absolute Gasteiger partial charge is 0.309 e. The van der Waals surface area contributed by atoms with Crippen molar-refractivity contribution in [1.29, 1.82) is 0 Å². The van der Waals surface area contributed by atoms with E-state index in [9.17, 15) is 18.4 Å². The Morgan fingerprint density at radius 2 is 1.79 bits per heavy atom. The van der Waals surface area contributed by atoms with Gasteiger partial charge in [-0.3, -0.25) is 9.69 Å². The van der Waals surface area contributed by atoms with E-state index in [-0.39, 0.29) is 5.91 Å². The summed E-state index contributed by atoms with van der Waals surface area (Å²) in [7, 11) is 0. The maximum Gasteiger partial charge on any atom is 0.323 e. The quantitative estimate of drug-likeness (QED) is 0.780. The van der Waals surface area contributed by atoms with E-state index in [1.165, 1.54) is 53.1 Å². The van der Waals surface area contributed by atoms with Crippen molar-refractivity contribution >= 4 is 35.1 Å². The Labute approximate surface area is 172 Å². The molecule has 1 saturated heterocycles. The summed E-state index contributed by atoms with van der Waals surface area (Å²) in [5.41, 5.74) is 1.51. The molecule has 1 fully saturated rings. The third-order valence-electron chi connectivity index (χ3n) is 5.15. The van der Waals surface area contributed by atoms with E-state index < -0.39 is 27.3 Å². The Morgan fingerprint density at radius 3 is 2.45 bits per heavy atom. The highest BCUT2D eigenvalue weighted by Crippen LogP contribution is 2.59. The van der Waals surface area contributed by atoms with Crippen molar-refractivity contribution in [2.75, 3.05) is 23.3 Å². The second-order valence-corrected chi connectivity index (χ2v) is 9.64. The summed E-state index contributed by atoms with van der Waals surface area (Å²) >= 11 is 1.35. The molecule has 2 aromatic rings. The first-order chi connectivity index (χ1) is 13.7. The molecular formula is C21H21F2N3O2S. The molecule has 1 spiro atoms. The Bertz CT molecular complexity index is 996. The van der Waals surface area contributed by atoms with E-state index in [0.717, 1.165) is 0 Å². The van der Waals surface area contributed by atoms with Gasteiger partial charge in [-0.05, 0) is 63.2 Å². The van der Waals surface area contributed by atoms with Gasteiger partial charge in [0.25, 0.3) is 5.91 Å². The Kier molecular flexibility index (Phi) is 4.57. The van der Waals surface area contributed by atoms with Crippen LogP contribution in [0.1, 0.15) is 26.3 Å². The van der Waals surface area contributed by atoms with E-state index in [0.29, 0.717) is 30.0 Å². The van der Waals surface area contributed by atoms with Crippen LogP contribution in [0.25, 0.3) is 0 Å². The molecule has 3 amide bonds. The Hall–Kier alpha value is -2.61. The number of carbonyl (C=O) groups is 2. The largest absolute Gasteiger partial charge is 0.323 e. The Morgan fingerprint density at radius 1 is 1.14 bits per heavy atom. The molecule has 152 valence electrons. The molecule has 1 atom stereocenters. The van der Waals surface area contributed by atoms with Crippen molar-refractivity contribution < 1.29 is 18.4 Å². The van der Waals surface area contributed by atoms with Crippen molar-refractivity contribution in [3.8, 4) is 0 Å². The van der Waals surface area contributed by atoms with Crippen LogP contribution in [-0.4, -0.2) is 34.7 Å². The molecule has 8 heteroatoms. The maximum atomic E-state index is 14.2. The van der Waals surface area contributed by atoms with E-state index in [1.54, 1.807) is 11.0 Å². The molecule has 2 heterocycles. The highest BCUT2D eigenvalue weighted by atomic mass is 32.2. The minimum Gasteiger partial charge on any atom is -0.309 e. The van der Waals surface area contributed by atoms with Crippen LogP contribution >= 0.6 is 11.8 Å². The van der Waals surface area contributed by atoms with Crippen molar-refractivity contribution in [1.82, 2.24) is 4.90 Å². The Balaban J connectivity index is 1.80. The molecule has 0 bridgehead atoms. The molecule has 1 N–H and O–H groups in total. The van der Waals surface area contributed by atoms with Crippen molar-refractivity contribution in [2.24, 2.45) is 0 Å². The van der Waals surface area contributed by atoms with E-state index in [2.05, 4.69) is 5.32 Å². The molecule has 2 aliphatic heterocycles. The molecule has 0 unspecified atom stereocenters. The van der Waals surface area contributed by atoms with Gasteiger partial charge in [-0.25, -0.2) is 13.6 Å². The summed E-state index contributed by atoms with van der Waals surface area (Å²) in [4.78, 5) is 28.5. The number of fused-ring (bicyclic) bond motifs is 2. The number of nitrogens with zero attached hydrogens (tertiary/aromatic N) is 2. The number of halogens is 2. The molecule has 4 rings (SSSR count). The number of urea groups is 1. The molecular weight excluding hydrogens is 396 g/mol. The van der Waals surface area contributed by atoms with Crippen LogP contribution in [0.2, 0.25) is 0 Å². The van der Waals surface area contributed by atoms with Crippen LogP contribution < -0.4 is 10.2 Å². The van der Waals surface area contributed by atoms with Crippen molar-refractivity contribution in [3.05, 3.63) is 59.7 Å². The minimum absolute atomic E-state index is 0.259. The first kappa shape index (κ1) is 19.7. The number of nitrogens with one attached hydrogen (secondary N) is 1. The summed E-state index contributed by atoms with van der Waals surface area (Å²) in [5.74, 6) is -1.13. The topological polar surface area (TPSA) is 52.7 Å². The fraction of sp³-hybridized carbons (Fsp3) is 0.333. The van der Waals surface area contributed by atoms with Gasteiger partial charge in [-0.2, -0.15) is 0 Å². The third kappa shape index (κ3) is 3.06. The molecule has 0 aliphatic carbocycles. The number of benzene rings is 2. The third-order valence-corrected chi connectivity index (χ3v) is 6.74. The van der Waals surface area contributed by atoms with Gasteiger partial charge in [-0.15, -0.1) is 11.8 Å². The van der Waals surface area contributed by atoms with Crippen molar-refractivity contribution in [2.45, 2.75) is 30.4 Å². The molecule has 2 aromatic carbocycles. The zero-order valence-corrected chi connectivity index (χ0v) is 17.1. The van der Waals surface area contributed by atoms with Gasteiger partial charge < -0.3 is 10.2 Å². The van der Waals surface area contributed by atoms with E-state index in [4.69, 9.17) is 0 Å². The van der Waals surface area contributed by atoms with Crippen LogP contribution in [0, 0.1) is 11.6 Å². The van der Waals surface area contributed by atoms with Crippen LogP contribution in [-0.2, 0) is 9.67 Å². The lowest BCUT2D eigenvalue weighted by Crippen LogP contribution is -2.51. The van der Waals surface area contributed by atoms with E-state index in [1.807, 2.05) is 20.8 Å². The lowest BCUT2D eigenvalue weighted by molar-refractivity contribution is -0.123. The average Bonchev–Trinajstić information content (AvgIpc) is 3.08. The fourth-order valence-corrected chi connectivity index (χ4v) is 5.74. The first-order valence-corrected chi connectivity index (χ1v) is 10.2. The number of likely N-dealkylation sites (N-methyl/N-ethyl adjacent to an activating group) is 1. The van der Waals surface area contributed by atoms with Gasteiger partial charge in [0.1, 0.15) is 11.6 Å². The van der Waals surface area contributed by atoms with Gasteiger partial charge in [0.05, 0.1) is 5.69 Å². The zero-order chi connectivity index (χ0) is 21.0. The standard InChI is InChI=1S/C21H21F2N3O2S/c1-4-25-17-10-7-14(23)11-16(17)21(18(25)27)26(12-20(2,3)29-21)19(28)24-15-8-5-13(22)6-9-15/h5-11H,4,12H2,1-3H3,(H,24,28)/t21-/m0/s1.